The van der Waals surface area contributed by atoms with E-state index in [0.29, 0.717) is 5.92 Å². The van der Waals surface area contributed by atoms with Gasteiger partial charge in [-0.1, -0.05) is 20.3 Å². The Hall–Kier alpha value is -0.790. The summed E-state index contributed by atoms with van der Waals surface area (Å²) in [4.78, 5) is 0. The molecule has 1 atom stereocenters. The van der Waals surface area contributed by atoms with Gasteiger partial charge in [-0.2, -0.15) is 5.10 Å². The molecule has 0 bridgehead atoms. The van der Waals surface area contributed by atoms with Crippen LogP contribution in [0.4, 0.5) is 0 Å². The van der Waals surface area contributed by atoms with Crippen LogP contribution in [0.5, 0.6) is 0 Å². The molecule has 2 nitrogen and oxygen atoms in total. The average Bonchev–Trinajstić information content (AvgIpc) is 2.30. The molecule has 2 heteroatoms. The van der Waals surface area contributed by atoms with Gasteiger partial charge in [-0.05, 0) is 25.3 Å². The van der Waals surface area contributed by atoms with Gasteiger partial charge in [0.25, 0.3) is 0 Å². The lowest BCUT2D eigenvalue weighted by atomic mass is 10.0. The molecule has 1 rings (SSSR count). The van der Waals surface area contributed by atoms with Gasteiger partial charge in [-0.25, -0.2) is 0 Å². The minimum atomic E-state index is 0.640. The standard InChI is InChI=1S/C10H18N2/c1-5-6-8(2)10-7-9(3)11-12(10)4/h7-8H,5-6H2,1-4H3. The number of hydrogen-bond acceptors (Lipinski definition) is 1. The number of rotatable bonds is 3. The van der Waals surface area contributed by atoms with Crippen molar-refractivity contribution in [3.05, 3.63) is 17.5 Å². The van der Waals surface area contributed by atoms with E-state index < -0.39 is 0 Å². The Labute approximate surface area is 74.6 Å². The van der Waals surface area contributed by atoms with Crippen molar-refractivity contribution in [1.82, 2.24) is 9.78 Å². The van der Waals surface area contributed by atoms with Crippen LogP contribution in [0.15, 0.2) is 6.07 Å². The maximum absolute atomic E-state index is 4.33. The highest BCUT2D eigenvalue weighted by Crippen LogP contribution is 2.20. The van der Waals surface area contributed by atoms with Crippen molar-refractivity contribution in [2.75, 3.05) is 0 Å². The first-order valence-electron chi connectivity index (χ1n) is 4.65. The van der Waals surface area contributed by atoms with Crippen LogP contribution < -0.4 is 0 Å². The fourth-order valence-corrected chi connectivity index (χ4v) is 1.67. The summed E-state index contributed by atoms with van der Waals surface area (Å²) in [5, 5.41) is 4.33. The summed E-state index contributed by atoms with van der Waals surface area (Å²) in [6.07, 6.45) is 2.49. The Bertz CT molecular complexity index is 250. The zero-order valence-corrected chi connectivity index (χ0v) is 8.46. The summed E-state index contributed by atoms with van der Waals surface area (Å²) in [5.41, 5.74) is 2.48. The third kappa shape index (κ3) is 1.87. The molecule has 0 saturated carbocycles. The lowest BCUT2D eigenvalue weighted by Gasteiger charge is -2.09. The average molecular weight is 166 g/mol. The van der Waals surface area contributed by atoms with E-state index in [0.717, 1.165) is 5.69 Å². The van der Waals surface area contributed by atoms with Crippen molar-refractivity contribution >= 4 is 0 Å². The first kappa shape index (κ1) is 9.30. The third-order valence-corrected chi connectivity index (χ3v) is 2.26. The van der Waals surface area contributed by atoms with Gasteiger partial charge in [0.15, 0.2) is 0 Å². The van der Waals surface area contributed by atoms with Gasteiger partial charge in [0.1, 0.15) is 0 Å². The third-order valence-electron chi connectivity index (χ3n) is 2.26. The molecule has 0 aliphatic rings. The van der Waals surface area contributed by atoms with E-state index in [1.165, 1.54) is 18.5 Å². The van der Waals surface area contributed by atoms with E-state index >= 15 is 0 Å². The maximum Gasteiger partial charge on any atom is 0.0596 e. The van der Waals surface area contributed by atoms with Crippen LogP contribution in [0.3, 0.4) is 0 Å². The second kappa shape index (κ2) is 3.74. The summed E-state index contributed by atoms with van der Waals surface area (Å²) in [6.45, 7) is 6.53. The first-order chi connectivity index (χ1) is 5.65. The van der Waals surface area contributed by atoms with Gasteiger partial charge < -0.3 is 0 Å². The Morgan fingerprint density at radius 3 is 2.67 bits per heavy atom. The number of nitrogens with zero attached hydrogens (tertiary/aromatic N) is 2. The zero-order valence-electron chi connectivity index (χ0n) is 8.46. The van der Waals surface area contributed by atoms with Crippen LogP contribution in [0.2, 0.25) is 0 Å². The second-order valence-corrected chi connectivity index (χ2v) is 3.52. The smallest absolute Gasteiger partial charge is 0.0596 e. The predicted molar refractivity (Wildman–Crippen MR) is 51.3 cm³/mol. The van der Waals surface area contributed by atoms with E-state index in [1.807, 2.05) is 18.7 Å². The Kier molecular flexibility index (Phi) is 2.90. The fourth-order valence-electron chi connectivity index (χ4n) is 1.67. The number of aromatic nitrogens is 2. The molecule has 1 aromatic heterocycles. The number of hydrogen-bond donors (Lipinski definition) is 0. The van der Waals surface area contributed by atoms with Crippen LogP contribution in [-0.4, -0.2) is 9.78 Å². The van der Waals surface area contributed by atoms with Crippen molar-refractivity contribution in [2.45, 2.75) is 39.5 Å². The summed E-state index contributed by atoms with van der Waals surface area (Å²) in [5.74, 6) is 0.640. The fraction of sp³-hybridized carbons (Fsp3) is 0.700. The quantitative estimate of drug-likeness (QED) is 0.675. The molecule has 0 radical (unpaired) electrons. The van der Waals surface area contributed by atoms with Gasteiger partial charge in [0.05, 0.1) is 5.69 Å². The largest absolute Gasteiger partial charge is 0.272 e. The zero-order chi connectivity index (χ0) is 9.14. The van der Waals surface area contributed by atoms with E-state index in [1.54, 1.807) is 0 Å². The summed E-state index contributed by atoms with van der Waals surface area (Å²) < 4.78 is 2.00. The van der Waals surface area contributed by atoms with Crippen molar-refractivity contribution in [2.24, 2.45) is 7.05 Å². The molecule has 12 heavy (non-hydrogen) atoms. The molecule has 0 fully saturated rings. The minimum absolute atomic E-state index is 0.640. The highest BCUT2D eigenvalue weighted by atomic mass is 15.3. The molecular weight excluding hydrogens is 148 g/mol. The molecule has 0 saturated heterocycles. The summed E-state index contributed by atoms with van der Waals surface area (Å²) >= 11 is 0. The highest BCUT2D eigenvalue weighted by Gasteiger charge is 2.09. The molecule has 0 N–H and O–H groups in total. The first-order valence-corrected chi connectivity index (χ1v) is 4.65. The lowest BCUT2D eigenvalue weighted by molar-refractivity contribution is 0.593. The molecule has 0 aliphatic heterocycles. The molecule has 1 heterocycles. The van der Waals surface area contributed by atoms with Crippen LogP contribution in [0.25, 0.3) is 0 Å². The topological polar surface area (TPSA) is 17.8 Å². The van der Waals surface area contributed by atoms with Crippen molar-refractivity contribution in [3.63, 3.8) is 0 Å². The Balaban J connectivity index is 2.79. The molecule has 0 aliphatic carbocycles. The van der Waals surface area contributed by atoms with Gasteiger partial charge in [-0.15, -0.1) is 0 Å². The highest BCUT2D eigenvalue weighted by molar-refractivity contribution is 5.12. The van der Waals surface area contributed by atoms with E-state index in [-0.39, 0.29) is 0 Å². The van der Waals surface area contributed by atoms with Crippen LogP contribution >= 0.6 is 0 Å². The van der Waals surface area contributed by atoms with E-state index in [9.17, 15) is 0 Å². The Morgan fingerprint density at radius 2 is 2.25 bits per heavy atom. The van der Waals surface area contributed by atoms with E-state index in [4.69, 9.17) is 0 Å². The minimum Gasteiger partial charge on any atom is -0.272 e. The van der Waals surface area contributed by atoms with Crippen LogP contribution in [0.1, 0.15) is 44.0 Å². The van der Waals surface area contributed by atoms with Crippen LogP contribution in [0, 0.1) is 6.92 Å². The predicted octanol–water partition coefficient (Wildman–Crippen LogP) is 2.63. The molecular formula is C10H18N2. The second-order valence-electron chi connectivity index (χ2n) is 3.52. The Morgan fingerprint density at radius 1 is 1.58 bits per heavy atom. The summed E-state index contributed by atoms with van der Waals surface area (Å²) in [7, 11) is 2.02. The SMILES string of the molecule is CCCC(C)c1cc(C)nn1C. The molecule has 0 amide bonds. The van der Waals surface area contributed by atoms with Gasteiger partial charge in [-0.3, -0.25) is 4.68 Å². The molecule has 1 unspecified atom stereocenters. The van der Waals surface area contributed by atoms with Crippen molar-refractivity contribution in [1.29, 1.82) is 0 Å². The summed E-state index contributed by atoms with van der Waals surface area (Å²) in [6, 6.07) is 2.18. The van der Waals surface area contributed by atoms with Crippen molar-refractivity contribution < 1.29 is 0 Å². The normalized spacial score (nSPS) is 13.3. The molecule has 1 aromatic rings. The monoisotopic (exact) mass is 166 g/mol. The molecule has 68 valence electrons. The number of aryl methyl sites for hydroxylation is 2. The van der Waals surface area contributed by atoms with Gasteiger partial charge in [0, 0.05) is 12.7 Å². The van der Waals surface area contributed by atoms with E-state index in [2.05, 4.69) is 25.0 Å². The van der Waals surface area contributed by atoms with Gasteiger partial charge in [0.2, 0.25) is 0 Å². The van der Waals surface area contributed by atoms with Crippen LogP contribution in [-0.2, 0) is 7.05 Å². The maximum atomic E-state index is 4.33. The molecule has 0 spiro atoms. The van der Waals surface area contributed by atoms with Crippen molar-refractivity contribution in [3.8, 4) is 0 Å². The molecule has 0 aromatic carbocycles. The lowest BCUT2D eigenvalue weighted by Crippen LogP contribution is -2.02. The van der Waals surface area contributed by atoms with Gasteiger partial charge >= 0.3 is 0 Å².